The Bertz CT molecular complexity index is 581. The van der Waals surface area contributed by atoms with Crippen molar-refractivity contribution in [1.29, 1.82) is 0 Å². The molecule has 0 saturated heterocycles. The van der Waals surface area contributed by atoms with Gasteiger partial charge in [0.2, 0.25) is 0 Å². The minimum Gasteiger partial charge on any atom is -0.494 e. The topological polar surface area (TPSA) is 58.6 Å². The maximum absolute atomic E-state index is 10.4. The second-order valence-electron chi connectivity index (χ2n) is 5.54. The molecule has 2 rings (SSSR count). The van der Waals surface area contributed by atoms with Gasteiger partial charge < -0.3 is 15.2 Å². The molecule has 2 aromatic rings. The highest BCUT2D eigenvalue weighted by molar-refractivity contribution is 7.09. The summed E-state index contributed by atoms with van der Waals surface area (Å²) >= 11 is 1.77. The molecule has 1 heterocycles. The van der Waals surface area contributed by atoms with Gasteiger partial charge in [0.15, 0.2) is 0 Å². The lowest BCUT2D eigenvalue weighted by atomic mass is 10.1. The molecule has 5 heteroatoms. The number of ether oxygens (including phenoxy) is 1. The highest BCUT2D eigenvalue weighted by Crippen LogP contribution is 2.18. The monoisotopic (exact) mass is 333 g/mol. The fourth-order valence-electron chi connectivity index (χ4n) is 2.20. The number of hydrogen-bond acceptors (Lipinski definition) is 4. The van der Waals surface area contributed by atoms with Crippen LogP contribution in [0.1, 0.15) is 30.2 Å². The summed E-state index contributed by atoms with van der Waals surface area (Å²) in [6, 6.07) is 12.7. The SMILES string of the molecule is CC(CCOc1ccc(Cc2cccs2)cc1)NCCC(=O)O. The second-order valence-corrected chi connectivity index (χ2v) is 6.57. The van der Waals surface area contributed by atoms with Crippen LogP contribution >= 0.6 is 11.3 Å². The Labute approximate surface area is 141 Å². The molecule has 0 spiro atoms. The number of rotatable bonds is 10. The number of hydrogen-bond donors (Lipinski definition) is 2. The molecule has 1 atom stereocenters. The van der Waals surface area contributed by atoms with Crippen LogP contribution in [0.2, 0.25) is 0 Å². The van der Waals surface area contributed by atoms with E-state index in [-0.39, 0.29) is 12.5 Å². The van der Waals surface area contributed by atoms with Gasteiger partial charge in [0.1, 0.15) is 5.75 Å². The molecule has 2 N–H and O–H groups in total. The number of nitrogens with one attached hydrogen (secondary N) is 1. The van der Waals surface area contributed by atoms with Crippen LogP contribution in [0.4, 0.5) is 0 Å². The molecule has 1 unspecified atom stereocenters. The van der Waals surface area contributed by atoms with E-state index in [9.17, 15) is 4.79 Å². The fourth-order valence-corrected chi connectivity index (χ4v) is 2.94. The van der Waals surface area contributed by atoms with Gasteiger partial charge in [-0.1, -0.05) is 18.2 Å². The maximum atomic E-state index is 10.4. The molecular weight excluding hydrogens is 310 g/mol. The summed E-state index contributed by atoms with van der Waals surface area (Å²) in [6.07, 6.45) is 1.95. The molecule has 1 aromatic carbocycles. The van der Waals surface area contributed by atoms with Crippen molar-refractivity contribution in [2.24, 2.45) is 0 Å². The van der Waals surface area contributed by atoms with Crippen LogP contribution < -0.4 is 10.1 Å². The third kappa shape index (κ3) is 6.84. The van der Waals surface area contributed by atoms with E-state index in [1.54, 1.807) is 11.3 Å². The molecule has 4 nitrogen and oxygen atoms in total. The van der Waals surface area contributed by atoms with Crippen molar-refractivity contribution in [1.82, 2.24) is 5.32 Å². The van der Waals surface area contributed by atoms with Crippen LogP contribution in [0.15, 0.2) is 41.8 Å². The van der Waals surface area contributed by atoms with Crippen molar-refractivity contribution in [2.45, 2.75) is 32.2 Å². The number of aliphatic carboxylic acids is 1. The smallest absolute Gasteiger partial charge is 0.304 e. The Kier molecular flexibility index (Phi) is 7.10. The van der Waals surface area contributed by atoms with Crippen LogP contribution in [0.5, 0.6) is 5.75 Å². The Morgan fingerprint density at radius 1 is 1.30 bits per heavy atom. The van der Waals surface area contributed by atoms with E-state index in [1.807, 2.05) is 19.1 Å². The van der Waals surface area contributed by atoms with Crippen molar-refractivity contribution < 1.29 is 14.6 Å². The zero-order chi connectivity index (χ0) is 16.5. The average Bonchev–Trinajstić information content (AvgIpc) is 3.01. The van der Waals surface area contributed by atoms with E-state index in [4.69, 9.17) is 9.84 Å². The third-order valence-corrected chi connectivity index (χ3v) is 4.41. The fraction of sp³-hybridized carbons (Fsp3) is 0.389. The molecule has 0 amide bonds. The molecule has 0 bridgehead atoms. The van der Waals surface area contributed by atoms with Gasteiger partial charge in [0.25, 0.3) is 0 Å². The molecule has 23 heavy (non-hydrogen) atoms. The van der Waals surface area contributed by atoms with E-state index in [2.05, 4.69) is 35.0 Å². The number of benzene rings is 1. The predicted octanol–water partition coefficient (Wildman–Crippen LogP) is 3.56. The lowest BCUT2D eigenvalue weighted by Crippen LogP contribution is -2.29. The molecule has 0 aliphatic heterocycles. The minimum absolute atomic E-state index is 0.150. The summed E-state index contributed by atoms with van der Waals surface area (Å²) in [5, 5.41) is 13.9. The quantitative estimate of drug-likeness (QED) is 0.698. The van der Waals surface area contributed by atoms with Crippen molar-refractivity contribution >= 4 is 17.3 Å². The summed E-state index contributed by atoms with van der Waals surface area (Å²) in [7, 11) is 0. The molecule has 124 valence electrons. The first kappa shape index (κ1) is 17.5. The zero-order valence-corrected chi connectivity index (χ0v) is 14.1. The van der Waals surface area contributed by atoms with Gasteiger partial charge in [-0.3, -0.25) is 4.79 Å². The van der Waals surface area contributed by atoms with Crippen LogP contribution in [0.25, 0.3) is 0 Å². The third-order valence-electron chi connectivity index (χ3n) is 3.53. The van der Waals surface area contributed by atoms with Gasteiger partial charge in [0.05, 0.1) is 13.0 Å². The summed E-state index contributed by atoms with van der Waals surface area (Å²) in [5.41, 5.74) is 1.28. The Balaban J connectivity index is 1.66. The minimum atomic E-state index is -0.774. The first-order valence-corrected chi connectivity index (χ1v) is 8.71. The molecule has 0 radical (unpaired) electrons. The van der Waals surface area contributed by atoms with E-state index in [0.29, 0.717) is 13.2 Å². The first-order valence-electron chi connectivity index (χ1n) is 7.83. The number of carboxylic acids is 1. The molecule has 0 saturated carbocycles. The maximum Gasteiger partial charge on any atom is 0.304 e. The zero-order valence-electron chi connectivity index (χ0n) is 13.3. The lowest BCUT2D eigenvalue weighted by molar-refractivity contribution is -0.136. The number of carbonyl (C=O) groups is 1. The van der Waals surface area contributed by atoms with Crippen molar-refractivity contribution in [3.63, 3.8) is 0 Å². The Morgan fingerprint density at radius 2 is 2.09 bits per heavy atom. The first-order chi connectivity index (χ1) is 11.1. The Hall–Kier alpha value is -1.85. The molecule has 1 aromatic heterocycles. The highest BCUT2D eigenvalue weighted by atomic mass is 32.1. The van der Waals surface area contributed by atoms with Crippen LogP contribution in [0.3, 0.4) is 0 Å². The highest BCUT2D eigenvalue weighted by Gasteiger charge is 2.04. The summed E-state index contributed by atoms with van der Waals surface area (Å²) in [5.74, 6) is 0.0984. The van der Waals surface area contributed by atoms with Gasteiger partial charge in [-0.25, -0.2) is 0 Å². The van der Waals surface area contributed by atoms with E-state index in [1.165, 1.54) is 10.4 Å². The summed E-state index contributed by atoms with van der Waals surface area (Å²) in [4.78, 5) is 11.8. The molecule has 0 fully saturated rings. The average molecular weight is 333 g/mol. The number of carboxylic acid groups (broad SMARTS) is 1. The molecule has 0 aliphatic rings. The largest absolute Gasteiger partial charge is 0.494 e. The van der Waals surface area contributed by atoms with Crippen LogP contribution in [-0.4, -0.2) is 30.3 Å². The summed E-state index contributed by atoms with van der Waals surface area (Å²) in [6.45, 7) is 3.15. The van der Waals surface area contributed by atoms with Crippen molar-refractivity contribution in [3.05, 3.63) is 52.2 Å². The van der Waals surface area contributed by atoms with Gasteiger partial charge in [-0.05, 0) is 42.5 Å². The predicted molar refractivity (Wildman–Crippen MR) is 93.4 cm³/mol. The van der Waals surface area contributed by atoms with Crippen LogP contribution in [0, 0.1) is 0 Å². The van der Waals surface area contributed by atoms with Crippen LogP contribution in [-0.2, 0) is 11.2 Å². The molecular formula is C18H23NO3S. The van der Waals surface area contributed by atoms with Crippen molar-refractivity contribution in [2.75, 3.05) is 13.2 Å². The van der Waals surface area contributed by atoms with E-state index < -0.39 is 5.97 Å². The lowest BCUT2D eigenvalue weighted by Gasteiger charge is -2.13. The molecule has 0 aliphatic carbocycles. The van der Waals surface area contributed by atoms with Gasteiger partial charge in [-0.2, -0.15) is 0 Å². The van der Waals surface area contributed by atoms with Gasteiger partial charge in [0, 0.05) is 23.9 Å². The summed E-state index contributed by atoms with van der Waals surface area (Å²) < 4.78 is 5.74. The standard InChI is InChI=1S/C18H23NO3S/c1-14(19-10-8-18(20)21)9-11-22-16-6-4-15(5-7-16)13-17-3-2-12-23-17/h2-7,12,14,19H,8-11,13H2,1H3,(H,20,21). The van der Waals surface area contributed by atoms with Gasteiger partial charge >= 0.3 is 5.97 Å². The normalized spacial score (nSPS) is 12.0. The van der Waals surface area contributed by atoms with E-state index >= 15 is 0 Å². The Morgan fingerprint density at radius 3 is 2.74 bits per heavy atom. The second kappa shape index (κ2) is 9.33. The number of thiophene rings is 1. The van der Waals surface area contributed by atoms with E-state index in [0.717, 1.165) is 18.6 Å². The van der Waals surface area contributed by atoms with Gasteiger partial charge in [-0.15, -0.1) is 11.3 Å². The van der Waals surface area contributed by atoms with Crippen molar-refractivity contribution in [3.8, 4) is 5.75 Å².